The van der Waals surface area contributed by atoms with Gasteiger partial charge in [0.2, 0.25) is 0 Å². The molecule has 3 nitrogen and oxygen atoms in total. The molecule has 0 saturated heterocycles. The van der Waals surface area contributed by atoms with Crippen LogP contribution in [0.25, 0.3) is 5.69 Å². The highest BCUT2D eigenvalue weighted by Crippen LogP contribution is 2.26. The number of aromatic amines is 1. The molecule has 2 aromatic heterocycles. The van der Waals surface area contributed by atoms with Gasteiger partial charge in [-0.1, -0.05) is 0 Å². The maximum Gasteiger partial charge on any atom is 0.431 e. The van der Waals surface area contributed by atoms with Crippen molar-refractivity contribution in [1.29, 1.82) is 0 Å². The number of H-pyrrole nitrogens is 1. The van der Waals surface area contributed by atoms with Crippen molar-refractivity contribution in [1.82, 2.24) is 9.55 Å². The normalized spacial score (nSPS) is 11.8. The lowest BCUT2D eigenvalue weighted by atomic mass is 10.3. The van der Waals surface area contributed by atoms with E-state index < -0.39 is 17.4 Å². The van der Waals surface area contributed by atoms with Gasteiger partial charge >= 0.3 is 6.18 Å². The number of hydrogen-bond donors (Lipinski definition) is 1. The third-order valence-electron chi connectivity index (χ3n) is 2.31. The smallest absolute Gasteiger partial charge is 0.328 e. The molecule has 96 valence electrons. The van der Waals surface area contributed by atoms with Gasteiger partial charge in [-0.15, -0.1) is 11.3 Å². The van der Waals surface area contributed by atoms with Crippen LogP contribution >= 0.6 is 23.6 Å². The molecule has 2 aromatic rings. The lowest BCUT2D eigenvalue weighted by Gasteiger charge is -2.09. The number of aryl methyl sites for hydroxylation is 1. The van der Waals surface area contributed by atoms with E-state index in [4.69, 9.17) is 12.2 Å². The summed E-state index contributed by atoms with van der Waals surface area (Å²) in [4.78, 5) is 13.8. The third-order valence-corrected chi connectivity index (χ3v) is 3.44. The van der Waals surface area contributed by atoms with E-state index in [0.29, 0.717) is 11.8 Å². The van der Waals surface area contributed by atoms with Crippen LogP contribution in [0.5, 0.6) is 0 Å². The SMILES string of the molecule is Cc1cscc1-n1c(=O)cc(C(F)(F)F)[nH]c1=S. The van der Waals surface area contributed by atoms with Gasteiger partial charge in [0, 0.05) is 11.4 Å². The van der Waals surface area contributed by atoms with Crippen molar-refractivity contribution in [2.45, 2.75) is 13.1 Å². The van der Waals surface area contributed by atoms with Crippen LogP contribution in [0.4, 0.5) is 13.2 Å². The topological polar surface area (TPSA) is 37.8 Å². The summed E-state index contributed by atoms with van der Waals surface area (Å²) in [6.45, 7) is 1.75. The van der Waals surface area contributed by atoms with Crippen molar-refractivity contribution >= 4 is 23.6 Å². The standard InChI is InChI=1S/C10H7F3N2OS2/c1-5-3-18-4-6(5)15-8(16)2-7(10(11,12)13)14-9(15)17/h2-4H,1H3,(H,14,17). The van der Waals surface area contributed by atoms with E-state index in [1.807, 2.05) is 4.98 Å². The lowest BCUT2D eigenvalue weighted by molar-refractivity contribution is -0.141. The Hall–Kier alpha value is -1.41. The van der Waals surface area contributed by atoms with E-state index in [1.54, 1.807) is 17.7 Å². The second kappa shape index (κ2) is 4.36. The highest BCUT2D eigenvalue weighted by atomic mass is 32.1. The van der Waals surface area contributed by atoms with Crippen molar-refractivity contribution in [3.05, 3.63) is 43.2 Å². The molecule has 1 N–H and O–H groups in total. The van der Waals surface area contributed by atoms with Crippen LogP contribution in [0.15, 0.2) is 21.6 Å². The Morgan fingerprint density at radius 2 is 2.06 bits per heavy atom. The summed E-state index contributed by atoms with van der Waals surface area (Å²) in [5, 5.41) is 3.45. The van der Waals surface area contributed by atoms with Crippen molar-refractivity contribution in [2.75, 3.05) is 0 Å². The fourth-order valence-electron chi connectivity index (χ4n) is 1.46. The number of rotatable bonds is 1. The van der Waals surface area contributed by atoms with Crippen LogP contribution in [0, 0.1) is 11.7 Å². The van der Waals surface area contributed by atoms with Gasteiger partial charge in [0.1, 0.15) is 5.69 Å². The van der Waals surface area contributed by atoms with Gasteiger partial charge < -0.3 is 4.98 Å². The zero-order chi connectivity index (χ0) is 13.5. The van der Waals surface area contributed by atoms with Crippen LogP contribution in [-0.4, -0.2) is 9.55 Å². The van der Waals surface area contributed by atoms with Gasteiger partial charge in [-0.25, -0.2) is 0 Å². The molecule has 8 heteroatoms. The van der Waals surface area contributed by atoms with Gasteiger partial charge in [0.25, 0.3) is 5.56 Å². The number of hydrogen-bond acceptors (Lipinski definition) is 3. The summed E-state index contributed by atoms with van der Waals surface area (Å²) in [6.07, 6.45) is -4.62. The molecule has 0 aromatic carbocycles. The van der Waals surface area contributed by atoms with Crippen molar-refractivity contribution in [2.24, 2.45) is 0 Å². The van der Waals surface area contributed by atoms with Gasteiger partial charge in [-0.05, 0) is 30.1 Å². The molecular weight excluding hydrogens is 285 g/mol. The lowest BCUT2D eigenvalue weighted by Crippen LogP contribution is -2.23. The minimum Gasteiger partial charge on any atom is -0.328 e. The Balaban J connectivity index is 2.71. The van der Waals surface area contributed by atoms with Crippen molar-refractivity contribution in [3.63, 3.8) is 0 Å². The quantitative estimate of drug-likeness (QED) is 0.819. The maximum absolute atomic E-state index is 12.5. The fourth-order valence-corrected chi connectivity index (χ4v) is 2.57. The fraction of sp³-hybridized carbons (Fsp3) is 0.200. The van der Waals surface area contributed by atoms with E-state index in [1.165, 1.54) is 11.3 Å². The maximum atomic E-state index is 12.5. The van der Waals surface area contributed by atoms with Crippen LogP contribution in [0.1, 0.15) is 11.3 Å². The van der Waals surface area contributed by atoms with E-state index in [2.05, 4.69) is 0 Å². The molecule has 0 spiro atoms. The summed E-state index contributed by atoms with van der Waals surface area (Å²) in [5.74, 6) is 0. The Kier molecular flexibility index (Phi) is 3.16. The van der Waals surface area contributed by atoms with Crippen molar-refractivity contribution < 1.29 is 13.2 Å². The molecule has 2 heterocycles. The Labute approximate surface area is 109 Å². The molecule has 0 bridgehead atoms. The highest BCUT2D eigenvalue weighted by Gasteiger charge is 2.32. The minimum absolute atomic E-state index is 0.267. The summed E-state index contributed by atoms with van der Waals surface area (Å²) < 4.78 is 38.2. The number of nitrogens with zero attached hydrogens (tertiary/aromatic N) is 1. The first kappa shape index (κ1) is 13.0. The third kappa shape index (κ3) is 2.25. The molecule has 0 atom stereocenters. The summed E-state index contributed by atoms with van der Waals surface area (Å²) in [6, 6.07) is 0.507. The monoisotopic (exact) mass is 292 g/mol. The highest BCUT2D eigenvalue weighted by molar-refractivity contribution is 7.71. The number of aromatic nitrogens is 2. The molecule has 0 unspecified atom stereocenters. The first-order valence-electron chi connectivity index (χ1n) is 4.77. The second-order valence-corrected chi connectivity index (χ2v) is 4.73. The number of alkyl halides is 3. The van der Waals surface area contributed by atoms with E-state index in [0.717, 1.165) is 10.1 Å². The predicted molar refractivity (Wildman–Crippen MR) is 64.8 cm³/mol. The molecule has 2 rings (SSSR count). The van der Waals surface area contributed by atoms with Gasteiger partial charge in [0.05, 0.1) is 5.69 Å². The number of nitrogens with one attached hydrogen (secondary N) is 1. The largest absolute Gasteiger partial charge is 0.431 e. The Morgan fingerprint density at radius 1 is 1.39 bits per heavy atom. The molecule has 0 radical (unpaired) electrons. The van der Waals surface area contributed by atoms with E-state index >= 15 is 0 Å². The van der Waals surface area contributed by atoms with E-state index in [-0.39, 0.29) is 4.77 Å². The van der Waals surface area contributed by atoms with Crippen LogP contribution < -0.4 is 5.56 Å². The first-order valence-corrected chi connectivity index (χ1v) is 6.12. The average molecular weight is 292 g/mol. The summed E-state index contributed by atoms with van der Waals surface area (Å²) in [5.41, 5.74) is -0.657. The van der Waals surface area contributed by atoms with Gasteiger partial charge in [0.15, 0.2) is 4.77 Å². The summed E-state index contributed by atoms with van der Waals surface area (Å²) in [7, 11) is 0. The van der Waals surface area contributed by atoms with Crippen LogP contribution in [-0.2, 0) is 6.18 Å². The Morgan fingerprint density at radius 3 is 2.50 bits per heavy atom. The second-order valence-electron chi connectivity index (χ2n) is 3.60. The molecule has 0 aliphatic heterocycles. The van der Waals surface area contributed by atoms with Crippen LogP contribution in [0.3, 0.4) is 0 Å². The number of halogens is 3. The number of thiophene rings is 1. The zero-order valence-corrected chi connectivity index (χ0v) is 10.7. The molecule has 0 aliphatic carbocycles. The average Bonchev–Trinajstić information content (AvgIpc) is 2.62. The molecule has 18 heavy (non-hydrogen) atoms. The molecule has 0 fully saturated rings. The minimum atomic E-state index is -4.62. The first-order chi connectivity index (χ1) is 8.30. The molecule has 0 saturated carbocycles. The van der Waals surface area contributed by atoms with Crippen molar-refractivity contribution in [3.8, 4) is 5.69 Å². The van der Waals surface area contributed by atoms with Gasteiger partial charge in [-0.3, -0.25) is 9.36 Å². The molecule has 0 aliphatic rings. The summed E-state index contributed by atoms with van der Waals surface area (Å²) >= 11 is 6.16. The van der Waals surface area contributed by atoms with Gasteiger partial charge in [-0.2, -0.15) is 13.2 Å². The predicted octanol–water partition coefficient (Wildman–Crippen LogP) is 3.28. The Bertz CT molecular complexity index is 665. The molecular formula is C10H7F3N2OS2. The molecule has 0 amide bonds. The van der Waals surface area contributed by atoms with E-state index in [9.17, 15) is 18.0 Å². The van der Waals surface area contributed by atoms with Crippen LogP contribution in [0.2, 0.25) is 0 Å². The zero-order valence-electron chi connectivity index (χ0n) is 9.04.